The molecule has 0 saturated heterocycles. The Labute approximate surface area is 226 Å². The number of carbonyl (C=O) groups is 2. The molecule has 0 radical (unpaired) electrons. The van der Waals surface area contributed by atoms with Gasteiger partial charge in [-0.15, -0.1) is 0 Å². The predicted octanol–water partition coefficient (Wildman–Crippen LogP) is 3.64. The maximum absolute atomic E-state index is 13.6. The van der Waals surface area contributed by atoms with E-state index < -0.39 is 16.1 Å². The van der Waals surface area contributed by atoms with Crippen LogP contribution in [-0.2, 0) is 26.2 Å². The van der Waals surface area contributed by atoms with Crippen molar-refractivity contribution in [3.05, 3.63) is 53.6 Å². The second-order valence-electron chi connectivity index (χ2n) is 9.80. The smallest absolute Gasteiger partial charge is 0.243 e. The highest BCUT2D eigenvalue weighted by molar-refractivity contribution is 7.92. The fourth-order valence-electron chi connectivity index (χ4n) is 4.46. The molecule has 0 aromatic heterocycles. The number of hydrogen-bond donors (Lipinski definition) is 1. The highest BCUT2D eigenvalue weighted by Crippen LogP contribution is 2.34. The van der Waals surface area contributed by atoms with E-state index in [1.165, 1.54) is 4.31 Å². The maximum atomic E-state index is 13.6. The molecule has 208 valence electrons. The minimum absolute atomic E-state index is 0.0544. The Morgan fingerprint density at radius 2 is 1.74 bits per heavy atom. The molecule has 1 aliphatic rings. The van der Waals surface area contributed by atoms with Gasteiger partial charge in [-0.2, -0.15) is 0 Å². The second-order valence-corrected chi connectivity index (χ2v) is 11.7. The number of hydrogen-bond acceptors (Lipinski definition) is 6. The van der Waals surface area contributed by atoms with Crippen molar-refractivity contribution in [1.29, 1.82) is 0 Å². The Balaban J connectivity index is 1.78. The number of nitrogens with zero attached hydrogens (tertiary/aromatic N) is 2. The highest BCUT2D eigenvalue weighted by Gasteiger charge is 2.29. The van der Waals surface area contributed by atoms with Crippen LogP contribution in [0.3, 0.4) is 0 Å². The molecule has 0 spiro atoms. The van der Waals surface area contributed by atoms with Gasteiger partial charge in [0.25, 0.3) is 0 Å². The van der Waals surface area contributed by atoms with E-state index in [-0.39, 0.29) is 37.2 Å². The number of fused-ring (bicyclic) bond motifs is 1. The zero-order chi connectivity index (χ0) is 27.9. The van der Waals surface area contributed by atoms with Crippen LogP contribution in [0.1, 0.15) is 51.2 Å². The summed E-state index contributed by atoms with van der Waals surface area (Å²) in [7, 11) is -3.62. The van der Waals surface area contributed by atoms with Gasteiger partial charge in [0.2, 0.25) is 21.8 Å². The quantitative estimate of drug-likeness (QED) is 0.437. The molecule has 38 heavy (non-hydrogen) atoms. The first kappa shape index (κ1) is 29.3. The molecule has 3 rings (SSSR count). The molecular weight excluding hydrogens is 506 g/mol. The lowest BCUT2D eigenvalue weighted by atomic mass is 10.0. The Morgan fingerprint density at radius 3 is 2.37 bits per heavy atom. The average molecular weight is 546 g/mol. The van der Waals surface area contributed by atoms with Crippen LogP contribution in [0, 0.1) is 6.92 Å². The summed E-state index contributed by atoms with van der Waals surface area (Å²) in [5.41, 5.74) is 2.45. The van der Waals surface area contributed by atoms with Crippen molar-refractivity contribution in [2.45, 2.75) is 65.6 Å². The first-order valence-electron chi connectivity index (χ1n) is 13.0. The van der Waals surface area contributed by atoms with E-state index >= 15 is 0 Å². The molecule has 0 unspecified atom stereocenters. The average Bonchev–Trinajstić information content (AvgIpc) is 2.86. The van der Waals surface area contributed by atoms with Gasteiger partial charge >= 0.3 is 0 Å². The lowest BCUT2D eigenvalue weighted by Gasteiger charge is -2.32. The van der Waals surface area contributed by atoms with E-state index in [1.54, 1.807) is 23.1 Å². The molecule has 1 aliphatic heterocycles. The third-order valence-electron chi connectivity index (χ3n) is 6.38. The summed E-state index contributed by atoms with van der Waals surface area (Å²) in [5.74, 6) is 0.665. The largest absolute Gasteiger partial charge is 0.486 e. The number of amides is 2. The minimum Gasteiger partial charge on any atom is -0.486 e. The summed E-state index contributed by atoms with van der Waals surface area (Å²) in [6.45, 7) is 8.87. The Kier molecular flexibility index (Phi) is 10.0. The summed E-state index contributed by atoms with van der Waals surface area (Å²) in [5, 5.41) is 2.93. The van der Waals surface area contributed by atoms with Gasteiger partial charge in [0, 0.05) is 31.6 Å². The van der Waals surface area contributed by atoms with Crippen molar-refractivity contribution < 1.29 is 27.5 Å². The zero-order valence-corrected chi connectivity index (χ0v) is 23.7. The topological polar surface area (TPSA) is 105 Å². The number of rotatable bonds is 12. The van der Waals surface area contributed by atoms with Crippen LogP contribution in [0.25, 0.3) is 0 Å². The van der Waals surface area contributed by atoms with E-state index in [4.69, 9.17) is 9.47 Å². The summed E-state index contributed by atoms with van der Waals surface area (Å²) in [6, 6.07) is 12.1. The molecule has 0 bridgehead atoms. The van der Waals surface area contributed by atoms with Gasteiger partial charge in [0.15, 0.2) is 11.5 Å². The predicted molar refractivity (Wildman–Crippen MR) is 148 cm³/mol. The van der Waals surface area contributed by atoms with Gasteiger partial charge in [-0.3, -0.25) is 13.9 Å². The van der Waals surface area contributed by atoms with Crippen LogP contribution in [0.2, 0.25) is 0 Å². The normalized spacial score (nSPS) is 13.6. The Morgan fingerprint density at radius 1 is 1.05 bits per heavy atom. The van der Waals surface area contributed by atoms with Gasteiger partial charge in [0.05, 0.1) is 11.9 Å². The van der Waals surface area contributed by atoms with Crippen LogP contribution in [-0.4, -0.2) is 63.2 Å². The van der Waals surface area contributed by atoms with Crippen molar-refractivity contribution in [2.75, 3.05) is 30.3 Å². The first-order chi connectivity index (χ1) is 18.0. The SMILES string of the molecule is CC[C@@H](C(=O)NC(C)C)N(Cc1ccccc1C)C(=O)CCCN(c1ccc2c(c1)OCCO2)S(C)(=O)=O. The third kappa shape index (κ3) is 7.63. The lowest BCUT2D eigenvalue weighted by molar-refractivity contribution is -0.141. The highest BCUT2D eigenvalue weighted by atomic mass is 32.2. The molecule has 0 saturated carbocycles. The first-order valence-corrected chi connectivity index (χ1v) is 14.9. The fourth-order valence-corrected chi connectivity index (χ4v) is 5.42. The van der Waals surface area contributed by atoms with Crippen LogP contribution < -0.4 is 19.1 Å². The van der Waals surface area contributed by atoms with E-state index in [0.29, 0.717) is 43.4 Å². The van der Waals surface area contributed by atoms with Gasteiger partial charge < -0.3 is 19.7 Å². The van der Waals surface area contributed by atoms with E-state index in [2.05, 4.69) is 5.32 Å². The Hall–Kier alpha value is -3.27. The second kappa shape index (κ2) is 13.0. The van der Waals surface area contributed by atoms with Crippen molar-refractivity contribution >= 4 is 27.5 Å². The molecule has 1 heterocycles. The molecule has 0 aliphatic carbocycles. The van der Waals surface area contributed by atoms with Crippen molar-refractivity contribution in [1.82, 2.24) is 10.2 Å². The number of anilines is 1. The van der Waals surface area contributed by atoms with Crippen LogP contribution >= 0.6 is 0 Å². The van der Waals surface area contributed by atoms with Crippen molar-refractivity contribution in [3.63, 3.8) is 0 Å². The number of sulfonamides is 1. The number of benzene rings is 2. The zero-order valence-electron chi connectivity index (χ0n) is 22.9. The number of ether oxygens (including phenoxy) is 2. The standard InChI is InChI=1S/C28H39N3O6S/c1-6-24(28(33)29-20(2)3)30(19-22-11-8-7-10-21(22)4)27(32)12-9-15-31(38(5,34)35)23-13-14-25-26(18-23)37-17-16-36-25/h7-8,10-11,13-14,18,20,24H,6,9,12,15-17,19H2,1-5H3,(H,29,33)/t24-/m0/s1. The van der Waals surface area contributed by atoms with Gasteiger partial charge in [-0.25, -0.2) is 8.42 Å². The fraction of sp³-hybridized carbons (Fsp3) is 0.500. The molecule has 1 N–H and O–H groups in total. The third-order valence-corrected chi connectivity index (χ3v) is 7.58. The molecular formula is C28H39N3O6S. The van der Waals surface area contributed by atoms with Gasteiger partial charge in [-0.1, -0.05) is 31.2 Å². The van der Waals surface area contributed by atoms with Gasteiger partial charge in [0.1, 0.15) is 19.3 Å². The summed E-state index contributed by atoms with van der Waals surface area (Å²) in [6.07, 6.45) is 1.98. The summed E-state index contributed by atoms with van der Waals surface area (Å²) < 4.78 is 37.7. The van der Waals surface area contributed by atoms with Crippen LogP contribution in [0.4, 0.5) is 5.69 Å². The summed E-state index contributed by atoms with van der Waals surface area (Å²) >= 11 is 0. The van der Waals surface area contributed by atoms with Crippen molar-refractivity contribution in [2.24, 2.45) is 0 Å². The number of nitrogens with one attached hydrogen (secondary N) is 1. The summed E-state index contributed by atoms with van der Waals surface area (Å²) in [4.78, 5) is 28.2. The molecule has 9 nitrogen and oxygen atoms in total. The molecule has 1 atom stereocenters. The van der Waals surface area contributed by atoms with E-state index in [1.807, 2.05) is 52.0 Å². The van der Waals surface area contributed by atoms with Crippen LogP contribution in [0.5, 0.6) is 11.5 Å². The maximum Gasteiger partial charge on any atom is 0.243 e. The molecule has 10 heteroatoms. The van der Waals surface area contributed by atoms with E-state index in [9.17, 15) is 18.0 Å². The van der Waals surface area contributed by atoms with E-state index in [0.717, 1.165) is 17.4 Å². The molecule has 2 aromatic rings. The van der Waals surface area contributed by atoms with Crippen LogP contribution in [0.15, 0.2) is 42.5 Å². The minimum atomic E-state index is -3.62. The molecule has 2 amide bonds. The molecule has 0 fully saturated rings. The lowest BCUT2D eigenvalue weighted by Crippen LogP contribution is -2.50. The number of aryl methyl sites for hydroxylation is 1. The Bertz CT molecular complexity index is 1230. The number of carbonyl (C=O) groups excluding carboxylic acids is 2. The molecule has 2 aromatic carbocycles. The monoisotopic (exact) mass is 545 g/mol. The van der Waals surface area contributed by atoms with Gasteiger partial charge in [-0.05, 0) is 56.9 Å². The van der Waals surface area contributed by atoms with Crippen molar-refractivity contribution in [3.8, 4) is 11.5 Å².